The van der Waals surface area contributed by atoms with Crippen LogP contribution in [-0.4, -0.2) is 11.8 Å². The molecule has 0 unspecified atom stereocenters. The first-order valence-electron chi connectivity index (χ1n) is 9.30. The van der Waals surface area contributed by atoms with E-state index in [0.29, 0.717) is 6.42 Å². The summed E-state index contributed by atoms with van der Waals surface area (Å²) in [7, 11) is 0. The van der Waals surface area contributed by atoms with Crippen LogP contribution in [0, 0.1) is 0 Å². The van der Waals surface area contributed by atoms with E-state index in [-0.39, 0.29) is 6.04 Å². The minimum Gasteiger partial charge on any atom is -0.301 e. The lowest BCUT2D eigenvalue weighted by atomic mass is 9.77. The number of halogens is 1. The molecule has 3 aromatic carbocycles. The molecule has 0 heterocycles. The molecular formula is C24H22BrNO. The predicted molar refractivity (Wildman–Crippen MR) is 113 cm³/mol. The van der Waals surface area contributed by atoms with Gasteiger partial charge in [0.1, 0.15) is 6.29 Å². The summed E-state index contributed by atoms with van der Waals surface area (Å²) in [6, 6.07) is 27.1. The summed E-state index contributed by atoms with van der Waals surface area (Å²) < 4.78 is 1.06. The monoisotopic (exact) mass is 419 g/mol. The van der Waals surface area contributed by atoms with Gasteiger partial charge in [0.25, 0.3) is 0 Å². The van der Waals surface area contributed by atoms with Gasteiger partial charge in [0, 0.05) is 4.47 Å². The van der Waals surface area contributed by atoms with E-state index < -0.39 is 5.54 Å². The Morgan fingerprint density at radius 3 is 2.11 bits per heavy atom. The highest BCUT2D eigenvalue weighted by Crippen LogP contribution is 2.33. The fourth-order valence-corrected chi connectivity index (χ4v) is 4.39. The Bertz CT molecular complexity index is 886. The number of hydrogen-bond acceptors (Lipinski definition) is 2. The highest BCUT2D eigenvalue weighted by molar-refractivity contribution is 9.10. The first kappa shape index (κ1) is 18.1. The van der Waals surface area contributed by atoms with Gasteiger partial charge in [0.2, 0.25) is 0 Å². The summed E-state index contributed by atoms with van der Waals surface area (Å²) in [5, 5.41) is 3.73. The number of nitrogens with one attached hydrogen (secondary N) is 1. The van der Waals surface area contributed by atoms with Gasteiger partial charge >= 0.3 is 0 Å². The van der Waals surface area contributed by atoms with Crippen molar-refractivity contribution in [2.24, 2.45) is 0 Å². The number of fused-ring (bicyclic) bond motifs is 1. The van der Waals surface area contributed by atoms with Crippen molar-refractivity contribution in [1.82, 2.24) is 5.32 Å². The molecule has 3 aromatic rings. The minimum absolute atomic E-state index is 0.0219. The van der Waals surface area contributed by atoms with Crippen molar-refractivity contribution in [1.29, 1.82) is 0 Å². The topological polar surface area (TPSA) is 29.1 Å². The van der Waals surface area contributed by atoms with E-state index in [1.165, 1.54) is 22.3 Å². The molecule has 136 valence electrons. The van der Waals surface area contributed by atoms with Crippen LogP contribution in [0.15, 0.2) is 83.3 Å². The molecule has 0 aliphatic heterocycles. The summed E-state index contributed by atoms with van der Waals surface area (Å²) in [4.78, 5) is 12.3. The quantitative estimate of drug-likeness (QED) is 0.571. The summed E-state index contributed by atoms with van der Waals surface area (Å²) >= 11 is 3.57. The van der Waals surface area contributed by atoms with Crippen LogP contribution in [0.3, 0.4) is 0 Å². The zero-order valence-corrected chi connectivity index (χ0v) is 16.7. The number of hydrogen-bond donors (Lipinski definition) is 1. The number of aryl methyl sites for hydroxylation is 1. The van der Waals surface area contributed by atoms with Gasteiger partial charge in [0.05, 0.1) is 11.6 Å². The fraction of sp³-hybridized carbons (Fsp3) is 0.208. The van der Waals surface area contributed by atoms with Gasteiger partial charge in [-0.3, -0.25) is 5.32 Å². The van der Waals surface area contributed by atoms with Gasteiger partial charge in [-0.25, -0.2) is 0 Å². The van der Waals surface area contributed by atoms with Crippen molar-refractivity contribution >= 4 is 22.2 Å². The van der Waals surface area contributed by atoms with Crippen LogP contribution in [0.4, 0.5) is 0 Å². The highest BCUT2D eigenvalue weighted by atomic mass is 79.9. The Morgan fingerprint density at radius 2 is 1.52 bits per heavy atom. The van der Waals surface area contributed by atoms with Crippen LogP contribution in [0.2, 0.25) is 0 Å². The Labute approximate surface area is 168 Å². The van der Waals surface area contributed by atoms with Gasteiger partial charge in [-0.15, -0.1) is 0 Å². The lowest BCUT2D eigenvalue weighted by Crippen LogP contribution is -2.52. The standard InChI is InChI=1S/C24H22BrNO/c25-22-12-11-18-13-14-24(17-27,16-21(18)15-22)26-23(19-7-3-1-4-8-19)20-9-5-2-6-10-20/h1-12,15,17,23,26H,13-14,16H2/t24-/m1/s1. The molecule has 0 spiro atoms. The van der Waals surface area contributed by atoms with E-state index >= 15 is 0 Å². The van der Waals surface area contributed by atoms with Gasteiger partial charge in [0.15, 0.2) is 0 Å². The van der Waals surface area contributed by atoms with E-state index in [0.717, 1.165) is 23.6 Å². The highest BCUT2D eigenvalue weighted by Gasteiger charge is 2.36. The summed E-state index contributed by atoms with van der Waals surface area (Å²) in [5.41, 5.74) is 4.36. The Kier molecular flexibility index (Phi) is 5.24. The minimum atomic E-state index is -0.565. The first-order valence-corrected chi connectivity index (χ1v) is 10.1. The second kappa shape index (κ2) is 7.79. The maximum absolute atomic E-state index is 12.3. The van der Waals surface area contributed by atoms with Crippen molar-refractivity contribution in [2.45, 2.75) is 30.8 Å². The van der Waals surface area contributed by atoms with Crippen molar-refractivity contribution in [3.05, 3.63) is 106 Å². The molecule has 1 atom stereocenters. The molecule has 0 amide bonds. The molecule has 1 aliphatic rings. The van der Waals surface area contributed by atoms with Crippen LogP contribution >= 0.6 is 15.9 Å². The van der Waals surface area contributed by atoms with Crippen LogP contribution in [-0.2, 0) is 17.6 Å². The molecule has 27 heavy (non-hydrogen) atoms. The normalized spacial score (nSPS) is 18.9. The Morgan fingerprint density at radius 1 is 0.889 bits per heavy atom. The predicted octanol–water partition coefficient (Wildman–Crippen LogP) is 5.25. The van der Waals surface area contributed by atoms with Crippen LogP contribution in [0.25, 0.3) is 0 Å². The van der Waals surface area contributed by atoms with Crippen LogP contribution in [0.5, 0.6) is 0 Å². The molecule has 0 fully saturated rings. The number of carbonyl (C=O) groups excluding carboxylic acids is 1. The average Bonchev–Trinajstić information content (AvgIpc) is 2.73. The smallest absolute Gasteiger partial charge is 0.140 e. The number of aldehydes is 1. The fourth-order valence-electron chi connectivity index (χ4n) is 3.98. The zero-order chi connectivity index (χ0) is 18.7. The first-order chi connectivity index (χ1) is 13.2. The zero-order valence-electron chi connectivity index (χ0n) is 15.1. The van der Waals surface area contributed by atoms with Crippen molar-refractivity contribution < 1.29 is 4.79 Å². The van der Waals surface area contributed by atoms with Gasteiger partial charge in [-0.2, -0.15) is 0 Å². The molecule has 0 saturated heterocycles. The second-order valence-corrected chi connectivity index (χ2v) is 8.18. The second-order valence-electron chi connectivity index (χ2n) is 7.26. The average molecular weight is 420 g/mol. The molecule has 0 radical (unpaired) electrons. The molecule has 0 bridgehead atoms. The van der Waals surface area contributed by atoms with Crippen molar-refractivity contribution in [3.63, 3.8) is 0 Å². The van der Waals surface area contributed by atoms with Gasteiger partial charge in [-0.1, -0.05) is 82.7 Å². The molecule has 2 nitrogen and oxygen atoms in total. The molecule has 3 heteroatoms. The number of benzene rings is 3. The molecule has 4 rings (SSSR count). The third-order valence-electron chi connectivity index (χ3n) is 5.44. The molecular weight excluding hydrogens is 398 g/mol. The number of carbonyl (C=O) groups is 1. The van der Waals surface area contributed by atoms with Crippen molar-refractivity contribution in [3.8, 4) is 0 Å². The summed E-state index contributed by atoms with van der Waals surface area (Å²) in [6.45, 7) is 0. The maximum Gasteiger partial charge on any atom is 0.140 e. The largest absolute Gasteiger partial charge is 0.301 e. The number of rotatable bonds is 5. The molecule has 0 saturated carbocycles. The lowest BCUT2D eigenvalue weighted by Gasteiger charge is -2.38. The van der Waals surface area contributed by atoms with E-state index in [9.17, 15) is 4.79 Å². The van der Waals surface area contributed by atoms with Crippen molar-refractivity contribution in [2.75, 3.05) is 0 Å². The Balaban J connectivity index is 1.70. The van der Waals surface area contributed by atoms with E-state index in [1.807, 2.05) is 36.4 Å². The molecule has 1 N–H and O–H groups in total. The third-order valence-corrected chi connectivity index (χ3v) is 5.93. The van der Waals surface area contributed by atoms with E-state index in [2.05, 4.69) is 63.7 Å². The maximum atomic E-state index is 12.3. The molecule has 0 aromatic heterocycles. The van der Waals surface area contributed by atoms with Crippen LogP contribution < -0.4 is 5.32 Å². The van der Waals surface area contributed by atoms with Gasteiger partial charge < -0.3 is 4.79 Å². The summed E-state index contributed by atoms with van der Waals surface area (Å²) in [5.74, 6) is 0. The van der Waals surface area contributed by atoms with Crippen LogP contribution in [0.1, 0.15) is 34.7 Å². The third kappa shape index (κ3) is 3.90. The SMILES string of the molecule is O=C[C@@]1(NC(c2ccccc2)c2ccccc2)CCc2ccc(Br)cc2C1. The Hall–Kier alpha value is -2.23. The van der Waals surface area contributed by atoms with E-state index in [4.69, 9.17) is 0 Å². The summed E-state index contributed by atoms with van der Waals surface area (Å²) in [6.07, 6.45) is 3.54. The molecule has 1 aliphatic carbocycles. The van der Waals surface area contributed by atoms with E-state index in [1.54, 1.807) is 0 Å². The lowest BCUT2D eigenvalue weighted by molar-refractivity contribution is -0.114. The van der Waals surface area contributed by atoms with Gasteiger partial charge in [-0.05, 0) is 53.6 Å².